The monoisotopic (exact) mass is 383 g/mol. The van der Waals surface area contributed by atoms with Crippen molar-refractivity contribution in [2.24, 2.45) is 0 Å². The lowest BCUT2D eigenvalue weighted by molar-refractivity contribution is -0.109. The summed E-state index contributed by atoms with van der Waals surface area (Å²) < 4.78 is 15.7. The van der Waals surface area contributed by atoms with Crippen LogP contribution in [-0.2, 0) is 4.79 Å². The van der Waals surface area contributed by atoms with Crippen LogP contribution in [-0.4, -0.2) is 45.6 Å². The number of pyridine rings is 1. The summed E-state index contributed by atoms with van der Waals surface area (Å²) in [6.45, 7) is 2.07. The molecule has 4 rings (SSSR count). The van der Waals surface area contributed by atoms with Crippen molar-refractivity contribution < 1.29 is 9.18 Å². The largest absolute Gasteiger partial charge is 0.370 e. The van der Waals surface area contributed by atoms with E-state index in [2.05, 4.69) is 25.6 Å². The molecule has 8 nitrogen and oxygen atoms in total. The number of hydrogen-bond acceptors (Lipinski definition) is 6. The molecule has 0 aromatic carbocycles. The van der Waals surface area contributed by atoms with Crippen LogP contribution in [0.25, 0.3) is 5.65 Å². The maximum absolute atomic E-state index is 14.0. The number of amides is 1. The van der Waals surface area contributed by atoms with Gasteiger partial charge in [-0.25, -0.2) is 18.9 Å². The lowest BCUT2D eigenvalue weighted by Crippen LogP contribution is -2.25. The van der Waals surface area contributed by atoms with Crippen molar-refractivity contribution in [1.29, 1.82) is 0 Å². The number of halogens is 1. The van der Waals surface area contributed by atoms with Crippen molar-refractivity contribution in [3.05, 3.63) is 48.2 Å². The van der Waals surface area contributed by atoms with E-state index in [1.165, 1.54) is 6.20 Å². The topological polar surface area (TPSA) is 87.5 Å². The highest BCUT2D eigenvalue weighted by Crippen LogP contribution is 2.38. The van der Waals surface area contributed by atoms with Crippen molar-refractivity contribution in [2.45, 2.75) is 25.3 Å². The van der Waals surface area contributed by atoms with Gasteiger partial charge in [-0.2, -0.15) is 5.10 Å². The van der Waals surface area contributed by atoms with E-state index in [4.69, 9.17) is 4.98 Å². The number of rotatable bonds is 8. The van der Waals surface area contributed by atoms with Crippen LogP contribution in [0.15, 0.2) is 36.8 Å². The molecule has 1 atom stereocenters. The quantitative estimate of drug-likeness (QED) is 0.458. The molecule has 2 N–H and O–H groups in total. The van der Waals surface area contributed by atoms with Gasteiger partial charge in [0, 0.05) is 37.5 Å². The molecule has 0 radical (unpaired) electrons. The first-order valence-electron chi connectivity index (χ1n) is 9.39. The molecular weight excluding hydrogens is 361 g/mol. The van der Waals surface area contributed by atoms with E-state index < -0.39 is 0 Å². The van der Waals surface area contributed by atoms with Gasteiger partial charge in [-0.15, -0.1) is 0 Å². The predicted octanol–water partition coefficient (Wildman–Crippen LogP) is 2.15. The van der Waals surface area contributed by atoms with Crippen molar-refractivity contribution in [3.63, 3.8) is 0 Å². The van der Waals surface area contributed by atoms with Gasteiger partial charge in [-0.3, -0.25) is 4.79 Å². The Kier molecular flexibility index (Phi) is 5.31. The van der Waals surface area contributed by atoms with E-state index in [-0.39, 0.29) is 11.9 Å². The number of aromatic nitrogens is 4. The second-order valence-corrected chi connectivity index (χ2v) is 6.71. The van der Waals surface area contributed by atoms with E-state index in [9.17, 15) is 9.18 Å². The summed E-state index contributed by atoms with van der Waals surface area (Å²) in [5.41, 5.74) is 1.61. The van der Waals surface area contributed by atoms with Crippen LogP contribution in [0, 0.1) is 5.82 Å². The number of fused-ring (bicyclic) bond motifs is 1. The van der Waals surface area contributed by atoms with Crippen LogP contribution in [0.1, 0.15) is 30.9 Å². The molecule has 1 aliphatic rings. The molecule has 4 heterocycles. The number of carbonyl (C=O) groups excluding carboxylic acids is 1. The molecule has 146 valence electrons. The average molecular weight is 383 g/mol. The minimum absolute atomic E-state index is 0.00308. The van der Waals surface area contributed by atoms with Gasteiger partial charge in [0.1, 0.15) is 17.5 Å². The normalized spacial score (nSPS) is 16.5. The molecule has 28 heavy (non-hydrogen) atoms. The van der Waals surface area contributed by atoms with Gasteiger partial charge in [0.05, 0.1) is 18.4 Å². The van der Waals surface area contributed by atoms with Crippen molar-refractivity contribution in [3.8, 4) is 0 Å². The zero-order chi connectivity index (χ0) is 19.3. The Labute approximate surface area is 161 Å². The zero-order valence-corrected chi connectivity index (χ0v) is 15.4. The Bertz CT molecular complexity index is 960. The summed E-state index contributed by atoms with van der Waals surface area (Å²) in [7, 11) is 0. The fourth-order valence-corrected chi connectivity index (χ4v) is 3.64. The van der Waals surface area contributed by atoms with Gasteiger partial charge in [0.15, 0.2) is 5.65 Å². The zero-order valence-electron chi connectivity index (χ0n) is 15.4. The molecule has 1 amide bonds. The summed E-state index contributed by atoms with van der Waals surface area (Å²) in [4.78, 5) is 21.5. The first-order valence-corrected chi connectivity index (χ1v) is 9.39. The van der Waals surface area contributed by atoms with E-state index in [0.29, 0.717) is 25.3 Å². The summed E-state index contributed by atoms with van der Waals surface area (Å²) in [5.74, 6) is 1.17. The smallest absolute Gasteiger partial charge is 0.207 e. The van der Waals surface area contributed by atoms with Gasteiger partial charge in [-0.05, 0) is 31.4 Å². The summed E-state index contributed by atoms with van der Waals surface area (Å²) in [6.07, 6.45) is 8.16. The van der Waals surface area contributed by atoms with Crippen molar-refractivity contribution in [2.75, 3.05) is 29.9 Å². The Morgan fingerprint density at radius 2 is 2.25 bits per heavy atom. The third-order valence-corrected chi connectivity index (χ3v) is 4.91. The first kappa shape index (κ1) is 18.1. The van der Waals surface area contributed by atoms with Crippen LogP contribution in [0.3, 0.4) is 0 Å². The fraction of sp³-hybridized carbons (Fsp3) is 0.368. The number of anilines is 2. The lowest BCUT2D eigenvalue weighted by Gasteiger charge is -2.27. The second kappa shape index (κ2) is 8.20. The van der Waals surface area contributed by atoms with Gasteiger partial charge in [0.2, 0.25) is 6.41 Å². The van der Waals surface area contributed by atoms with Crippen LogP contribution < -0.4 is 15.5 Å². The first-order chi connectivity index (χ1) is 13.8. The predicted molar refractivity (Wildman–Crippen MR) is 104 cm³/mol. The Morgan fingerprint density at radius 1 is 1.32 bits per heavy atom. The molecule has 9 heteroatoms. The maximum Gasteiger partial charge on any atom is 0.207 e. The molecule has 3 aromatic rings. The number of carbonyl (C=O) groups is 1. The highest BCUT2D eigenvalue weighted by atomic mass is 19.1. The third kappa shape index (κ3) is 3.73. The molecule has 0 unspecified atom stereocenters. The second-order valence-electron chi connectivity index (χ2n) is 6.71. The number of nitrogens with one attached hydrogen (secondary N) is 2. The van der Waals surface area contributed by atoms with Gasteiger partial charge >= 0.3 is 0 Å². The van der Waals surface area contributed by atoms with Crippen LogP contribution in [0.2, 0.25) is 0 Å². The molecule has 0 bridgehead atoms. The van der Waals surface area contributed by atoms with E-state index in [0.717, 1.165) is 42.8 Å². The van der Waals surface area contributed by atoms with Crippen LogP contribution in [0.4, 0.5) is 16.0 Å². The average Bonchev–Trinajstić information content (AvgIpc) is 3.37. The minimum atomic E-state index is -0.353. The maximum atomic E-state index is 14.0. The van der Waals surface area contributed by atoms with Gasteiger partial charge < -0.3 is 15.5 Å². The molecule has 1 saturated heterocycles. The van der Waals surface area contributed by atoms with Crippen molar-refractivity contribution in [1.82, 2.24) is 24.9 Å². The fourth-order valence-electron chi connectivity index (χ4n) is 3.64. The summed E-state index contributed by atoms with van der Waals surface area (Å²) >= 11 is 0. The highest BCUT2D eigenvalue weighted by molar-refractivity contribution is 5.54. The Hall–Kier alpha value is -3.23. The molecular formula is C19H22FN7O. The van der Waals surface area contributed by atoms with E-state index >= 15 is 0 Å². The lowest BCUT2D eigenvalue weighted by atomic mass is 10.0. The van der Waals surface area contributed by atoms with Crippen molar-refractivity contribution >= 4 is 23.7 Å². The summed E-state index contributed by atoms with van der Waals surface area (Å²) in [6, 6.07) is 5.35. The number of hydrogen-bond donors (Lipinski definition) is 2. The van der Waals surface area contributed by atoms with Gasteiger partial charge in [-0.1, -0.05) is 0 Å². The third-order valence-electron chi connectivity index (χ3n) is 4.91. The Morgan fingerprint density at radius 3 is 3.14 bits per heavy atom. The van der Waals surface area contributed by atoms with Crippen LogP contribution >= 0.6 is 0 Å². The molecule has 0 spiro atoms. The summed E-state index contributed by atoms with van der Waals surface area (Å²) in [5, 5.41) is 10.1. The standard InChI is InChI=1S/C19H22FN7O/c20-14-11-15(19(23-12-14)22-7-2-6-21-13-28)16-3-1-9-26(16)17-5-10-27-18(25-17)4-8-24-27/h4-5,8,10-13,16H,1-3,6-7,9H2,(H,21,28)(H,22,23)/t16-/m1/s1. The van der Waals surface area contributed by atoms with E-state index in [1.54, 1.807) is 16.8 Å². The molecule has 1 fully saturated rings. The van der Waals surface area contributed by atoms with Gasteiger partial charge in [0.25, 0.3) is 0 Å². The number of nitrogens with zero attached hydrogens (tertiary/aromatic N) is 5. The molecule has 1 aliphatic heterocycles. The minimum Gasteiger partial charge on any atom is -0.370 e. The van der Waals surface area contributed by atoms with Crippen LogP contribution in [0.5, 0.6) is 0 Å². The Balaban J connectivity index is 1.57. The molecule has 0 aliphatic carbocycles. The molecule has 0 saturated carbocycles. The SMILES string of the molecule is O=CNCCCNc1ncc(F)cc1[C@H]1CCCN1c1ccn2nccc2n1. The molecule has 3 aromatic heterocycles. The van der Waals surface area contributed by atoms with E-state index in [1.807, 2.05) is 18.3 Å². The highest BCUT2D eigenvalue weighted by Gasteiger charge is 2.30.